The molecule has 8 heteroatoms. The van der Waals surface area contributed by atoms with E-state index in [4.69, 9.17) is 0 Å². The van der Waals surface area contributed by atoms with Gasteiger partial charge in [0.25, 0.3) is 5.56 Å². The molecule has 2 aromatic carbocycles. The SMILES string of the molecule is Cc1ccc2nc(CSc3nnc(-c4ccccc4)n3-c3ccc(F)cc3)cc(=O)n2c1. The Morgan fingerprint density at radius 2 is 1.75 bits per heavy atom. The van der Waals surface area contributed by atoms with Crippen LogP contribution in [0.4, 0.5) is 4.39 Å². The lowest BCUT2D eigenvalue weighted by Gasteiger charge is -2.10. The number of pyridine rings is 1. The maximum absolute atomic E-state index is 13.5. The Balaban J connectivity index is 1.52. The molecule has 5 aromatic rings. The molecule has 0 unspecified atom stereocenters. The summed E-state index contributed by atoms with van der Waals surface area (Å²) in [6.07, 6.45) is 1.78. The highest BCUT2D eigenvalue weighted by Crippen LogP contribution is 2.29. The van der Waals surface area contributed by atoms with Crippen molar-refractivity contribution in [1.29, 1.82) is 0 Å². The number of aromatic nitrogens is 5. The number of benzene rings is 2. The molecule has 0 fully saturated rings. The first-order valence-corrected chi connectivity index (χ1v) is 11.0. The van der Waals surface area contributed by atoms with Crippen molar-refractivity contribution in [2.45, 2.75) is 17.8 Å². The monoisotopic (exact) mass is 443 g/mol. The van der Waals surface area contributed by atoms with Crippen LogP contribution in [0.15, 0.2) is 88.9 Å². The van der Waals surface area contributed by atoms with Gasteiger partial charge < -0.3 is 0 Å². The first kappa shape index (κ1) is 20.1. The maximum atomic E-state index is 13.5. The molecule has 6 nitrogen and oxygen atoms in total. The van der Waals surface area contributed by atoms with Gasteiger partial charge in [0.05, 0.1) is 5.69 Å². The number of thioether (sulfide) groups is 1. The van der Waals surface area contributed by atoms with Gasteiger partial charge >= 0.3 is 0 Å². The molecule has 158 valence electrons. The van der Waals surface area contributed by atoms with E-state index in [1.807, 2.05) is 54.0 Å². The number of aryl methyl sites for hydroxylation is 1. The summed E-state index contributed by atoms with van der Waals surface area (Å²) >= 11 is 1.42. The Morgan fingerprint density at radius 1 is 0.969 bits per heavy atom. The predicted molar refractivity (Wildman–Crippen MR) is 123 cm³/mol. The summed E-state index contributed by atoms with van der Waals surface area (Å²) in [5, 5.41) is 9.39. The fraction of sp³-hybridized carbons (Fsp3) is 0.0833. The molecule has 0 aliphatic rings. The molecule has 3 heterocycles. The van der Waals surface area contributed by atoms with Crippen molar-refractivity contribution in [3.8, 4) is 17.1 Å². The minimum absolute atomic E-state index is 0.126. The molecule has 0 bridgehead atoms. The average Bonchev–Trinajstić information content (AvgIpc) is 3.23. The molecule has 0 spiro atoms. The van der Waals surface area contributed by atoms with Gasteiger partial charge in [0.2, 0.25) is 0 Å². The third kappa shape index (κ3) is 3.92. The van der Waals surface area contributed by atoms with E-state index in [0.717, 1.165) is 16.8 Å². The summed E-state index contributed by atoms with van der Waals surface area (Å²) in [6, 6.07) is 21.2. The van der Waals surface area contributed by atoms with Crippen LogP contribution >= 0.6 is 11.8 Å². The first-order chi connectivity index (χ1) is 15.6. The summed E-state index contributed by atoms with van der Waals surface area (Å²) in [5.74, 6) is 0.781. The van der Waals surface area contributed by atoms with Crippen molar-refractivity contribution >= 4 is 17.4 Å². The van der Waals surface area contributed by atoms with Gasteiger partial charge in [-0.25, -0.2) is 9.37 Å². The summed E-state index contributed by atoms with van der Waals surface area (Å²) in [5.41, 5.74) is 3.76. The number of hydrogen-bond acceptors (Lipinski definition) is 5. The van der Waals surface area contributed by atoms with Crippen LogP contribution in [0.25, 0.3) is 22.7 Å². The minimum atomic E-state index is -0.312. The number of hydrogen-bond donors (Lipinski definition) is 0. The van der Waals surface area contributed by atoms with Gasteiger partial charge in [-0.2, -0.15) is 0 Å². The zero-order valence-electron chi connectivity index (χ0n) is 17.1. The van der Waals surface area contributed by atoms with E-state index in [9.17, 15) is 9.18 Å². The minimum Gasteiger partial charge on any atom is -0.270 e. The molecular formula is C24H18FN5OS. The van der Waals surface area contributed by atoms with Crippen molar-refractivity contribution < 1.29 is 4.39 Å². The second-order valence-corrected chi connectivity index (χ2v) is 8.24. The molecular weight excluding hydrogens is 425 g/mol. The summed E-state index contributed by atoms with van der Waals surface area (Å²) in [6.45, 7) is 1.93. The van der Waals surface area contributed by atoms with Gasteiger partial charge in [-0.05, 0) is 42.8 Å². The summed E-state index contributed by atoms with van der Waals surface area (Å²) < 4.78 is 17.0. The van der Waals surface area contributed by atoms with Crippen LogP contribution in [0.2, 0.25) is 0 Å². The highest BCUT2D eigenvalue weighted by Gasteiger charge is 2.17. The molecule has 0 saturated carbocycles. The van der Waals surface area contributed by atoms with E-state index >= 15 is 0 Å². The maximum Gasteiger partial charge on any atom is 0.258 e. The van der Waals surface area contributed by atoms with Crippen molar-refractivity contribution in [3.05, 3.63) is 106 Å². The van der Waals surface area contributed by atoms with Gasteiger partial charge in [0, 0.05) is 29.3 Å². The normalized spacial score (nSPS) is 11.2. The average molecular weight is 444 g/mol. The van der Waals surface area contributed by atoms with Crippen LogP contribution in [0, 0.1) is 12.7 Å². The van der Waals surface area contributed by atoms with Gasteiger partial charge in [-0.15, -0.1) is 10.2 Å². The van der Waals surface area contributed by atoms with Gasteiger partial charge in [-0.1, -0.05) is 48.2 Å². The number of fused-ring (bicyclic) bond motifs is 1. The molecule has 0 aliphatic carbocycles. The Morgan fingerprint density at radius 3 is 2.53 bits per heavy atom. The first-order valence-electron chi connectivity index (χ1n) is 9.97. The highest BCUT2D eigenvalue weighted by atomic mass is 32.2. The Labute approximate surface area is 187 Å². The molecule has 0 aliphatic heterocycles. The van der Waals surface area contributed by atoms with E-state index in [1.54, 1.807) is 18.3 Å². The topological polar surface area (TPSA) is 65.1 Å². The van der Waals surface area contributed by atoms with E-state index in [2.05, 4.69) is 15.2 Å². The van der Waals surface area contributed by atoms with Gasteiger partial charge in [-0.3, -0.25) is 13.8 Å². The lowest BCUT2D eigenvalue weighted by atomic mass is 10.2. The Bertz CT molecular complexity index is 1460. The van der Waals surface area contributed by atoms with E-state index in [1.165, 1.54) is 34.4 Å². The van der Waals surface area contributed by atoms with Crippen LogP contribution in [-0.4, -0.2) is 24.1 Å². The van der Waals surface area contributed by atoms with Gasteiger partial charge in [0.15, 0.2) is 11.0 Å². The van der Waals surface area contributed by atoms with Crippen LogP contribution in [0.3, 0.4) is 0 Å². The fourth-order valence-electron chi connectivity index (χ4n) is 3.43. The Hall–Kier alpha value is -3.78. The smallest absolute Gasteiger partial charge is 0.258 e. The largest absolute Gasteiger partial charge is 0.270 e. The standard InChI is InChI=1S/C24H18FN5OS/c1-16-7-12-21-26-19(13-22(31)29(21)14-16)15-32-24-28-27-23(17-5-3-2-4-6-17)30(24)20-10-8-18(25)9-11-20/h2-14H,15H2,1H3. The molecule has 32 heavy (non-hydrogen) atoms. The molecule has 0 atom stereocenters. The molecule has 0 radical (unpaired) electrons. The quantitative estimate of drug-likeness (QED) is 0.369. The van der Waals surface area contributed by atoms with Crippen molar-refractivity contribution in [3.63, 3.8) is 0 Å². The number of rotatable bonds is 5. The summed E-state index contributed by atoms with van der Waals surface area (Å²) in [4.78, 5) is 17.1. The van der Waals surface area contributed by atoms with E-state index < -0.39 is 0 Å². The molecule has 0 saturated heterocycles. The molecule has 0 N–H and O–H groups in total. The van der Waals surface area contributed by atoms with Crippen LogP contribution in [0.5, 0.6) is 0 Å². The zero-order valence-corrected chi connectivity index (χ0v) is 18.0. The van der Waals surface area contributed by atoms with E-state index in [-0.39, 0.29) is 11.4 Å². The van der Waals surface area contributed by atoms with E-state index in [0.29, 0.717) is 28.1 Å². The van der Waals surface area contributed by atoms with Crippen molar-refractivity contribution in [2.24, 2.45) is 0 Å². The number of halogens is 1. The molecule has 5 rings (SSSR count). The lowest BCUT2D eigenvalue weighted by Crippen LogP contribution is -2.15. The molecule has 0 amide bonds. The molecule has 3 aromatic heterocycles. The second-order valence-electron chi connectivity index (χ2n) is 7.29. The third-order valence-electron chi connectivity index (χ3n) is 4.96. The second kappa shape index (κ2) is 8.39. The highest BCUT2D eigenvalue weighted by molar-refractivity contribution is 7.98. The van der Waals surface area contributed by atoms with Crippen LogP contribution in [0.1, 0.15) is 11.3 Å². The number of nitrogens with zero attached hydrogens (tertiary/aromatic N) is 5. The van der Waals surface area contributed by atoms with Crippen LogP contribution in [-0.2, 0) is 5.75 Å². The lowest BCUT2D eigenvalue weighted by molar-refractivity contribution is 0.627. The predicted octanol–water partition coefficient (Wildman–Crippen LogP) is 4.68. The van der Waals surface area contributed by atoms with Crippen molar-refractivity contribution in [2.75, 3.05) is 0 Å². The fourth-order valence-corrected chi connectivity index (χ4v) is 4.28. The van der Waals surface area contributed by atoms with Crippen LogP contribution < -0.4 is 5.56 Å². The third-order valence-corrected chi connectivity index (χ3v) is 5.92. The van der Waals surface area contributed by atoms with Gasteiger partial charge in [0.1, 0.15) is 11.5 Å². The Kier molecular flexibility index (Phi) is 5.28. The zero-order chi connectivity index (χ0) is 22.1. The summed E-state index contributed by atoms with van der Waals surface area (Å²) in [7, 11) is 0. The van der Waals surface area contributed by atoms with Crippen molar-refractivity contribution in [1.82, 2.24) is 24.1 Å².